The van der Waals surface area contributed by atoms with Gasteiger partial charge < -0.3 is 14.3 Å². The van der Waals surface area contributed by atoms with Gasteiger partial charge in [-0.1, -0.05) is 37.1 Å². The maximum atomic E-state index is 12.9. The standard InChI is InChI=1S/C20H26ClNO5/c1-4-7-16-15(12-23)17(13-8-10-14(21)11-9-13)22-20(16,18(24)26-5-2)19(25)27-6-3/h8-12,15-17,22H,4-7H2,1-3H3/t15-,16-,17-/m1/s1. The Kier molecular flexibility index (Phi) is 7.39. The Morgan fingerprint density at radius 1 is 1.11 bits per heavy atom. The van der Waals surface area contributed by atoms with Gasteiger partial charge in [0.05, 0.1) is 13.2 Å². The quantitative estimate of drug-likeness (QED) is 0.414. The summed E-state index contributed by atoms with van der Waals surface area (Å²) in [7, 11) is 0. The molecule has 1 aliphatic heterocycles. The van der Waals surface area contributed by atoms with Crippen LogP contribution in [0.3, 0.4) is 0 Å². The van der Waals surface area contributed by atoms with Crippen LogP contribution in [0, 0.1) is 11.8 Å². The van der Waals surface area contributed by atoms with Gasteiger partial charge in [-0.15, -0.1) is 0 Å². The molecule has 0 unspecified atom stereocenters. The fourth-order valence-electron chi connectivity index (χ4n) is 3.83. The van der Waals surface area contributed by atoms with Crippen LogP contribution in [0.15, 0.2) is 24.3 Å². The van der Waals surface area contributed by atoms with Crippen molar-refractivity contribution in [2.75, 3.05) is 13.2 Å². The van der Waals surface area contributed by atoms with E-state index in [4.69, 9.17) is 21.1 Å². The Labute approximate surface area is 164 Å². The number of esters is 2. The molecule has 1 N–H and O–H groups in total. The third kappa shape index (κ3) is 4.01. The van der Waals surface area contributed by atoms with E-state index in [1.54, 1.807) is 38.1 Å². The Bertz CT molecular complexity index is 657. The van der Waals surface area contributed by atoms with E-state index in [0.29, 0.717) is 17.9 Å². The number of hydrogen-bond acceptors (Lipinski definition) is 6. The number of carbonyl (C=O) groups is 3. The number of benzene rings is 1. The van der Waals surface area contributed by atoms with Crippen LogP contribution < -0.4 is 5.32 Å². The molecular formula is C20H26ClNO5. The minimum atomic E-state index is -1.71. The highest BCUT2D eigenvalue weighted by molar-refractivity contribution is 6.30. The molecule has 1 aliphatic rings. The average molecular weight is 396 g/mol. The van der Waals surface area contributed by atoms with E-state index in [1.807, 2.05) is 6.92 Å². The zero-order valence-corrected chi connectivity index (χ0v) is 16.6. The first-order valence-electron chi connectivity index (χ1n) is 9.29. The number of nitrogens with one attached hydrogen (secondary N) is 1. The third-order valence-electron chi connectivity index (χ3n) is 4.97. The molecule has 0 aromatic heterocycles. The molecule has 1 aromatic rings. The summed E-state index contributed by atoms with van der Waals surface area (Å²) in [5.74, 6) is -2.56. The Hall–Kier alpha value is -1.92. The molecule has 148 valence electrons. The second-order valence-electron chi connectivity index (χ2n) is 6.53. The van der Waals surface area contributed by atoms with Crippen LogP contribution in [-0.2, 0) is 23.9 Å². The Morgan fingerprint density at radius 2 is 1.67 bits per heavy atom. The zero-order chi connectivity index (χ0) is 20.0. The Morgan fingerprint density at radius 3 is 2.11 bits per heavy atom. The highest BCUT2D eigenvalue weighted by Crippen LogP contribution is 2.45. The fraction of sp³-hybridized carbons (Fsp3) is 0.550. The molecule has 1 aromatic carbocycles. The molecule has 0 saturated carbocycles. The van der Waals surface area contributed by atoms with Crippen LogP contribution >= 0.6 is 11.6 Å². The van der Waals surface area contributed by atoms with Crippen molar-refractivity contribution < 1.29 is 23.9 Å². The van der Waals surface area contributed by atoms with Crippen molar-refractivity contribution in [1.82, 2.24) is 5.32 Å². The van der Waals surface area contributed by atoms with Crippen LogP contribution in [0.4, 0.5) is 0 Å². The summed E-state index contributed by atoms with van der Waals surface area (Å²) in [6.45, 7) is 5.54. The molecule has 27 heavy (non-hydrogen) atoms. The molecular weight excluding hydrogens is 370 g/mol. The van der Waals surface area contributed by atoms with E-state index in [2.05, 4.69) is 5.32 Å². The summed E-state index contributed by atoms with van der Waals surface area (Å²) in [5.41, 5.74) is -0.939. The van der Waals surface area contributed by atoms with Crippen molar-refractivity contribution in [1.29, 1.82) is 0 Å². The van der Waals surface area contributed by atoms with Crippen LogP contribution in [0.25, 0.3) is 0 Å². The summed E-state index contributed by atoms with van der Waals surface area (Å²) in [6.07, 6.45) is 2.01. The molecule has 6 nitrogen and oxygen atoms in total. The van der Waals surface area contributed by atoms with Gasteiger partial charge in [0.15, 0.2) is 0 Å². The molecule has 0 amide bonds. The van der Waals surface area contributed by atoms with Gasteiger partial charge >= 0.3 is 11.9 Å². The van der Waals surface area contributed by atoms with Gasteiger partial charge in [0.2, 0.25) is 5.54 Å². The van der Waals surface area contributed by atoms with Gasteiger partial charge in [0.1, 0.15) is 6.29 Å². The summed E-state index contributed by atoms with van der Waals surface area (Å²) in [4.78, 5) is 37.9. The van der Waals surface area contributed by atoms with Crippen LogP contribution in [0.5, 0.6) is 0 Å². The van der Waals surface area contributed by atoms with Gasteiger partial charge in [-0.05, 0) is 38.0 Å². The predicted molar refractivity (Wildman–Crippen MR) is 101 cm³/mol. The molecule has 0 spiro atoms. The highest BCUT2D eigenvalue weighted by atomic mass is 35.5. The summed E-state index contributed by atoms with van der Waals surface area (Å²) >= 11 is 5.97. The molecule has 2 rings (SSSR count). The smallest absolute Gasteiger partial charge is 0.338 e. The molecule has 3 atom stereocenters. The van der Waals surface area contributed by atoms with E-state index in [0.717, 1.165) is 11.8 Å². The fourth-order valence-corrected chi connectivity index (χ4v) is 3.96. The van der Waals surface area contributed by atoms with Crippen molar-refractivity contribution in [3.05, 3.63) is 34.9 Å². The number of aldehydes is 1. The van der Waals surface area contributed by atoms with Gasteiger partial charge in [-0.3, -0.25) is 5.32 Å². The van der Waals surface area contributed by atoms with Crippen LogP contribution in [-0.4, -0.2) is 37.0 Å². The molecule has 1 fully saturated rings. The normalized spacial score (nSPS) is 23.6. The largest absolute Gasteiger partial charge is 0.464 e. The van der Waals surface area contributed by atoms with E-state index in [1.165, 1.54) is 0 Å². The number of halogens is 1. The van der Waals surface area contributed by atoms with Crippen LogP contribution in [0.1, 0.15) is 45.2 Å². The van der Waals surface area contributed by atoms with Crippen molar-refractivity contribution in [2.45, 2.75) is 45.2 Å². The first-order valence-corrected chi connectivity index (χ1v) is 9.66. The third-order valence-corrected chi connectivity index (χ3v) is 5.22. The van der Waals surface area contributed by atoms with Gasteiger partial charge in [0.25, 0.3) is 0 Å². The molecule has 0 radical (unpaired) electrons. The van der Waals surface area contributed by atoms with E-state index in [-0.39, 0.29) is 13.2 Å². The van der Waals surface area contributed by atoms with E-state index >= 15 is 0 Å². The number of hydrogen-bond donors (Lipinski definition) is 1. The van der Waals surface area contributed by atoms with Gasteiger partial charge in [-0.2, -0.15) is 0 Å². The first-order chi connectivity index (χ1) is 13.0. The van der Waals surface area contributed by atoms with Crippen molar-refractivity contribution >= 4 is 29.8 Å². The lowest BCUT2D eigenvalue weighted by Crippen LogP contribution is -2.60. The number of rotatable bonds is 8. The van der Waals surface area contributed by atoms with Gasteiger partial charge in [-0.25, -0.2) is 9.59 Å². The van der Waals surface area contributed by atoms with Crippen molar-refractivity contribution in [3.8, 4) is 0 Å². The lowest BCUT2D eigenvalue weighted by Gasteiger charge is -2.31. The molecule has 1 saturated heterocycles. The minimum absolute atomic E-state index is 0.123. The van der Waals surface area contributed by atoms with E-state index < -0.39 is 35.4 Å². The van der Waals surface area contributed by atoms with Crippen molar-refractivity contribution in [2.24, 2.45) is 11.8 Å². The molecule has 1 heterocycles. The summed E-state index contributed by atoms with van der Waals surface area (Å²) in [6, 6.07) is 6.47. The van der Waals surface area contributed by atoms with Crippen LogP contribution in [0.2, 0.25) is 5.02 Å². The molecule has 0 bridgehead atoms. The topological polar surface area (TPSA) is 81.7 Å². The second-order valence-corrected chi connectivity index (χ2v) is 6.97. The van der Waals surface area contributed by atoms with Crippen molar-refractivity contribution in [3.63, 3.8) is 0 Å². The maximum Gasteiger partial charge on any atom is 0.338 e. The zero-order valence-electron chi connectivity index (χ0n) is 15.9. The lowest BCUT2D eigenvalue weighted by atomic mass is 9.75. The highest BCUT2D eigenvalue weighted by Gasteiger charge is 2.64. The monoisotopic (exact) mass is 395 g/mol. The first kappa shape index (κ1) is 21.4. The number of carbonyl (C=O) groups excluding carboxylic acids is 3. The molecule has 7 heteroatoms. The summed E-state index contributed by atoms with van der Waals surface area (Å²) in [5, 5.41) is 3.68. The lowest BCUT2D eigenvalue weighted by molar-refractivity contribution is -0.168. The minimum Gasteiger partial charge on any atom is -0.464 e. The van der Waals surface area contributed by atoms with Gasteiger partial charge in [0, 0.05) is 22.9 Å². The predicted octanol–water partition coefficient (Wildman–Crippen LogP) is 3.08. The second kappa shape index (κ2) is 9.33. The average Bonchev–Trinajstić information content (AvgIpc) is 2.98. The summed E-state index contributed by atoms with van der Waals surface area (Å²) < 4.78 is 10.5. The van der Waals surface area contributed by atoms with E-state index in [9.17, 15) is 14.4 Å². The number of ether oxygens (including phenoxy) is 2. The maximum absolute atomic E-state index is 12.9. The Balaban J connectivity index is 2.57. The SMILES string of the molecule is CCC[C@@H]1[C@@H](C=O)[C@@H](c2ccc(Cl)cc2)NC1(C(=O)OCC)C(=O)OCC. The molecule has 0 aliphatic carbocycles.